The standard InChI is InChI=1S/C14H11F3S/c15-14(16,17)9-8-12(13-7-4-10-18-13)11-5-2-1-3-6-11/h1-10,12H/b9-8+. The van der Waals surface area contributed by atoms with E-state index in [0.29, 0.717) is 6.08 Å². The van der Waals surface area contributed by atoms with Crippen LogP contribution < -0.4 is 0 Å². The molecule has 1 heterocycles. The molecule has 0 nitrogen and oxygen atoms in total. The highest BCUT2D eigenvalue weighted by Crippen LogP contribution is 2.31. The van der Waals surface area contributed by atoms with Crippen molar-refractivity contribution >= 4 is 11.3 Å². The van der Waals surface area contributed by atoms with E-state index in [1.807, 2.05) is 47.8 Å². The number of benzene rings is 1. The lowest BCUT2D eigenvalue weighted by Crippen LogP contribution is -2.03. The molecule has 0 amide bonds. The molecule has 0 bridgehead atoms. The zero-order valence-electron chi connectivity index (χ0n) is 9.39. The number of rotatable bonds is 3. The Morgan fingerprint density at radius 1 is 1.00 bits per heavy atom. The lowest BCUT2D eigenvalue weighted by molar-refractivity contribution is -0.0800. The molecule has 0 N–H and O–H groups in total. The first-order valence-electron chi connectivity index (χ1n) is 5.41. The second-order valence-electron chi connectivity index (χ2n) is 3.80. The molecule has 2 aromatic rings. The summed E-state index contributed by atoms with van der Waals surface area (Å²) in [5.74, 6) is -0.340. The molecule has 0 saturated heterocycles. The van der Waals surface area contributed by atoms with E-state index < -0.39 is 6.18 Å². The summed E-state index contributed by atoms with van der Waals surface area (Å²) in [6, 6.07) is 12.9. The van der Waals surface area contributed by atoms with E-state index in [-0.39, 0.29) is 5.92 Å². The summed E-state index contributed by atoms with van der Waals surface area (Å²) >= 11 is 1.46. The fourth-order valence-corrected chi connectivity index (χ4v) is 2.54. The van der Waals surface area contributed by atoms with Gasteiger partial charge in [0.25, 0.3) is 0 Å². The van der Waals surface area contributed by atoms with Crippen LogP contribution in [-0.4, -0.2) is 6.18 Å². The van der Waals surface area contributed by atoms with Crippen molar-refractivity contribution in [2.24, 2.45) is 0 Å². The van der Waals surface area contributed by atoms with Gasteiger partial charge in [0.2, 0.25) is 0 Å². The van der Waals surface area contributed by atoms with Gasteiger partial charge in [0, 0.05) is 16.9 Å². The molecule has 1 aromatic carbocycles. The maximum atomic E-state index is 12.3. The zero-order chi connectivity index (χ0) is 13.0. The molecule has 94 valence electrons. The molecule has 1 atom stereocenters. The van der Waals surface area contributed by atoms with E-state index in [9.17, 15) is 13.2 Å². The molecular formula is C14H11F3S. The Labute approximate surface area is 107 Å². The van der Waals surface area contributed by atoms with Gasteiger partial charge in [-0.3, -0.25) is 0 Å². The van der Waals surface area contributed by atoms with Crippen molar-refractivity contribution in [3.63, 3.8) is 0 Å². The Morgan fingerprint density at radius 2 is 1.72 bits per heavy atom. The van der Waals surface area contributed by atoms with Gasteiger partial charge in [-0.2, -0.15) is 13.2 Å². The average molecular weight is 268 g/mol. The van der Waals surface area contributed by atoms with Crippen molar-refractivity contribution in [1.82, 2.24) is 0 Å². The van der Waals surface area contributed by atoms with E-state index in [2.05, 4.69) is 0 Å². The molecule has 4 heteroatoms. The maximum Gasteiger partial charge on any atom is 0.409 e. The Morgan fingerprint density at radius 3 is 2.28 bits per heavy atom. The predicted molar refractivity (Wildman–Crippen MR) is 67.8 cm³/mol. The minimum atomic E-state index is -4.27. The second kappa shape index (κ2) is 5.40. The Bertz CT molecular complexity index is 498. The number of allylic oxidation sites excluding steroid dienone is 2. The van der Waals surface area contributed by atoms with Crippen LogP contribution >= 0.6 is 11.3 Å². The van der Waals surface area contributed by atoms with Crippen molar-refractivity contribution < 1.29 is 13.2 Å². The zero-order valence-corrected chi connectivity index (χ0v) is 10.2. The smallest absolute Gasteiger partial charge is 0.167 e. The van der Waals surface area contributed by atoms with Gasteiger partial charge >= 0.3 is 6.18 Å². The van der Waals surface area contributed by atoms with Crippen LogP contribution in [0.1, 0.15) is 16.4 Å². The van der Waals surface area contributed by atoms with Gasteiger partial charge in [0.15, 0.2) is 0 Å². The second-order valence-corrected chi connectivity index (χ2v) is 4.78. The molecule has 0 aliphatic rings. The van der Waals surface area contributed by atoms with Crippen LogP contribution in [0, 0.1) is 0 Å². The fourth-order valence-electron chi connectivity index (χ4n) is 1.70. The van der Waals surface area contributed by atoms with Crippen molar-refractivity contribution in [3.05, 3.63) is 70.4 Å². The molecule has 1 aromatic heterocycles. The SMILES string of the molecule is FC(F)(F)/C=C/C(c1ccccc1)c1cccs1. The number of hydrogen-bond donors (Lipinski definition) is 0. The van der Waals surface area contributed by atoms with E-state index in [1.54, 1.807) is 0 Å². The predicted octanol–water partition coefficient (Wildman–Crippen LogP) is 5.00. The van der Waals surface area contributed by atoms with Crippen LogP contribution in [0.2, 0.25) is 0 Å². The Kier molecular flexibility index (Phi) is 3.87. The van der Waals surface area contributed by atoms with E-state index in [0.717, 1.165) is 10.4 Å². The number of halogens is 3. The van der Waals surface area contributed by atoms with E-state index in [4.69, 9.17) is 0 Å². The minimum absolute atomic E-state index is 0.310. The van der Waals surface area contributed by atoms with Crippen LogP contribution in [0.5, 0.6) is 0 Å². The molecule has 0 radical (unpaired) electrons. The molecule has 0 fully saturated rings. The molecule has 0 spiro atoms. The van der Waals surface area contributed by atoms with Crippen molar-refractivity contribution in [1.29, 1.82) is 0 Å². The van der Waals surface area contributed by atoms with Crippen molar-refractivity contribution in [2.75, 3.05) is 0 Å². The molecule has 0 aliphatic carbocycles. The summed E-state index contributed by atoms with van der Waals surface area (Å²) in [4.78, 5) is 0.904. The summed E-state index contributed by atoms with van der Waals surface area (Å²) < 4.78 is 36.9. The van der Waals surface area contributed by atoms with Crippen molar-refractivity contribution in [3.8, 4) is 0 Å². The largest absolute Gasteiger partial charge is 0.409 e. The summed E-state index contributed by atoms with van der Waals surface area (Å²) in [5.41, 5.74) is 0.862. The van der Waals surface area contributed by atoms with Crippen LogP contribution in [-0.2, 0) is 0 Å². The van der Waals surface area contributed by atoms with Crippen molar-refractivity contribution in [2.45, 2.75) is 12.1 Å². The minimum Gasteiger partial charge on any atom is -0.167 e. The molecule has 2 rings (SSSR count). The third-order valence-electron chi connectivity index (χ3n) is 2.49. The molecular weight excluding hydrogens is 257 g/mol. The maximum absolute atomic E-state index is 12.3. The van der Waals surface area contributed by atoms with E-state index in [1.165, 1.54) is 17.4 Å². The van der Waals surface area contributed by atoms with Crippen LogP contribution in [0.4, 0.5) is 13.2 Å². The normalized spacial score (nSPS) is 13.9. The van der Waals surface area contributed by atoms with Gasteiger partial charge < -0.3 is 0 Å². The Balaban J connectivity index is 2.33. The number of thiophene rings is 1. The summed E-state index contributed by atoms with van der Waals surface area (Å²) in [5, 5.41) is 1.87. The van der Waals surface area contributed by atoms with Gasteiger partial charge in [0.05, 0.1) is 0 Å². The van der Waals surface area contributed by atoms with Crippen LogP contribution in [0.15, 0.2) is 60.0 Å². The number of hydrogen-bond acceptors (Lipinski definition) is 1. The van der Waals surface area contributed by atoms with Crippen LogP contribution in [0.3, 0.4) is 0 Å². The highest BCUT2D eigenvalue weighted by molar-refractivity contribution is 7.10. The highest BCUT2D eigenvalue weighted by Gasteiger charge is 2.23. The lowest BCUT2D eigenvalue weighted by Gasteiger charge is -2.11. The van der Waals surface area contributed by atoms with Gasteiger partial charge in [-0.25, -0.2) is 0 Å². The molecule has 1 unspecified atom stereocenters. The average Bonchev–Trinajstić information content (AvgIpc) is 2.83. The highest BCUT2D eigenvalue weighted by atomic mass is 32.1. The summed E-state index contributed by atoms with van der Waals surface area (Å²) in [6.45, 7) is 0. The third kappa shape index (κ3) is 3.47. The van der Waals surface area contributed by atoms with Gasteiger partial charge in [-0.15, -0.1) is 11.3 Å². The molecule has 0 aliphatic heterocycles. The van der Waals surface area contributed by atoms with Gasteiger partial charge in [-0.05, 0) is 17.0 Å². The Hall–Kier alpha value is -1.55. The first-order chi connectivity index (χ1) is 8.56. The van der Waals surface area contributed by atoms with Crippen LogP contribution in [0.25, 0.3) is 0 Å². The summed E-state index contributed by atoms with van der Waals surface area (Å²) in [7, 11) is 0. The summed E-state index contributed by atoms with van der Waals surface area (Å²) in [6.07, 6.45) is -2.75. The fraction of sp³-hybridized carbons (Fsp3) is 0.143. The van der Waals surface area contributed by atoms with Gasteiger partial charge in [-0.1, -0.05) is 42.5 Å². The number of alkyl halides is 3. The molecule has 18 heavy (non-hydrogen) atoms. The lowest BCUT2D eigenvalue weighted by atomic mass is 9.97. The monoisotopic (exact) mass is 268 g/mol. The first kappa shape index (κ1) is 12.9. The molecule has 0 saturated carbocycles. The third-order valence-corrected chi connectivity index (χ3v) is 3.44. The first-order valence-corrected chi connectivity index (χ1v) is 6.29. The van der Waals surface area contributed by atoms with Gasteiger partial charge in [0.1, 0.15) is 0 Å². The quantitative estimate of drug-likeness (QED) is 0.687. The topological polar surface area (TPSA) is 0 Å². The van der Waals surface area contributed by atoms with E-state index >= 15 is 0 Å².